The molecular weight excluding hydrogens is 364 g/mol. The Balaban J connectivity index is 1.62. The van der Waals surface area contributed by atoms with Crippen LogP contribution in [-0.2, 0) is 24.0 Å². The second-order valence-corrected chi connectivity index (χ2v) is 6.75. The number of benzene rings is 1. The van der Waals surface area contributed by atoms with Gasteiger partial charge in [0.05, 0.1) is 28.7 Å². The number of rotatable bonds is 5. The average molecular weight is 382 g/mol. The predicted octanol–water partition coefficient (Wildman–Crippen LogP) is 1.64. The normalized spacial score (nSPS) is 16.1. The van der Waals surface area contributed by atoms with E-state index < -0.39 is 16.0 Å². The first-order valence-corrected chi connectivity index (χ1v) is 9.00. The summed E-state index contributed by atoms with van der Waals surface area (Å²) in [4.78, 5) is 43.7. The van der Waals surface area contributed by atoms with E-state index in [0.717, 1.165) is 5.69 Å². The lowest BCUT2D eigenvalue weighted by atomic mass is 9.87. The van der Waals surface area contributed by atoms with E-state index >= 15 is 0 Å². The Kier molecular flexibility index (Phi) is 4.74. The fourth-order valence-electron chi connectivity index (χ4n) is 3.68. The number of H-pyrrole nitrogens is 2. The summed E-state index contributed by atoms with van der Waals surface area (Å²) in [6.45, 7) is 0.483. The highest BCUT2D eigenvalue weighted by atomic mass is 16.6. The fraction of sp³-hybridized carbons (Fsp3) is 0.316. The topological polar surface area (TPSA) is 131 Å². The minimum atomic E-state index is -0.833. The van der Waals surface area contributed by atoms with Crippen LogP contribution in [0.3, 0.4) is 0 Å². The van der Waals surface area contributed by atoms with Crippen LogP contribution >= 0.6 is 0 Å². The SMILES string of the molecule is O=c1[nH]c2cc([N+](=O)[O-])c3c(c2[nH]c1=O)CC(OCCc1ccccn1)CC3. The van der Waals surface area contributed by atoms with Crippen molar-refractivity contribution in [2.45, 2.75) is 31.8 Å². The van der Waals surface area contributed by atoms with Gasteiger partial charge < -0.3 is 14.7 Å². The maximum absolute atomic E-state index is 11.8. The number of pyridine rings is 1. The molecule has 0 saturated carbocycles. The Morgan fingerprint density at radius 3 is 2.79 bits per heavy atom. The molecule has 2 heterocycles. The van der Waals surface area contributed by atoms with Crippen molar-refractivity contribution in [2.75, 3.05) is 6.61 Å². The van der Waals surface area contributed by atoms with Gasteiger partial charge in [-0.2, -0.15) is 0 Å². The molecule has 144 valence electrons. The van der Waals surface area contributed by atoms with E-state index in [2.05, 4.69) is 15.0 Å². The molecule has 1 aromatic carbocycles. The molecule has 0 amide bonds. The molecule has 2 N–H and O–H groups in total. The number of nitro groups is 1. The number of hydrogen-bond donors (Lipinski definition) is 2. The van der Waals surface area contributed by atoms with Gasteiger partial charge in [-0.15, -0.1) is 0 Å². The van der Waals surface area contributed by atoms with Crippen molar-refractivity contribution in [3.8, 4) is 0 Å². The summed E-state index contributed by atoms with van der Waals surface area (Å²) < 4.78 is 5.97. The fourth-order valence-corrected chi connectivity index (χ4v) is 3.68. The van der Waals surface area contributed by atoms with Crippen molar-refractivity contribution in [1.82, 2.24) is 15.0 Å². The Bertz CT molecular complexity index is 1150. The molecule has 0 spiro atoms. The summed E-state index contributed by atoms with van der Waals surface area (Å²) in [6.07, 6.45) is 3.82. The highest BCUT2D eigenvalue weighted by Gasteiger charge is 2.29. The number of hydrogen-bond acceptors (Lipinski definition) is 6. The minimum absolute atomic E-state index is 0.0443. The van der Waals surface area contributed by atoms with E-state index in [1.165, 1.54) is 6.07 Å². The van der Waals surface area contributed by atoms with Crippen LogP contribution in [0.15, 0.2) is 40.1 Å². The summed E-state index contributed by atoms with van der Waals surface area (Å²) in [7, 11) is 0. The minimum Gasteiger partial charge on any atom is -0.377 e. The van der Waals surface area contributed by atoms with Gasteiger partial charge in [-0.25, -0.2) is 0 Å². The third kappa shape index (κ3) is 3.44. The van der Waals surface area contributed by atoms with Crippen molar-refractivity contribution >= 4 is 16.7 Å². The van der Waals surface area contributed by atoms with Gasteiger partial charge in [-0.3, -0.25) is 24.7 Å². The zero-order valence-electron chi connectivity index (χ0n) is 14.9. The molecule has 1 atom stereocenters. The lowest BCUT2D eigenvalue weighted by Crippen LogP contribution is -2.31. The molecule has 4 rings (SSSR count). The molecule has 9 heteroatoms. The molecule has 0 bridgehead atoms. The summed E-state index contributed by atoms with van der Waals surface area (Å²) in [5.41, 5.74) is 1.21. The summed E-state index contributed by atoms with van der Waals surface area (Å²) in [5.74, 6) is 0. The van der Waals surface area contributed by atoms with Crippen LogP contribution in [0.1, 0.15) is 23.2 Å². The van der Waals surface area contributed by atoms with Crippen LogP contribution in [-0.4, -0.2) is 32.6 Å². The summed E-state index contributed by atoms with van der Waals surface area (Å²) in [5, 5.41) is 11.5. The number of nitrogens with zero attached hydrogens (tertiary/aromatic N) is 2. The van der Waals surface area contributed by atoms with Crippen molar-refractivity contribution < 1.29 is 9.66 Å². The van der Waals surface area contributed by atoms with Crippen LogP contribution in [0.2, 0.25) is 0 Å². The third-order valence-electron chi connectivity index (χ3n) is 5.00. The zero-order chi connectivity index (χ0) is 19.7. The quantitative estimate of drug-likeness (QED) is 0.392. The van der Waals surface area contributed by atoms with Crippen molar-refractivity contribution in [3.63, 3.8) is 0 Å². The number of fused-ring (bicyclic) bond motifs is 3. The molecule has 0 fully saturated rings. The monoisotopic (exact) mass is 382 g/mol. The molecule has 1 unspecified atom stereocenters. The second-order valence-electron chi connectivity index (χ2n) is 6.75. The standard InChI is InChI=1S/C19H18N4O5/c24-18-19(25)22-17-14-9-12(28-8-6-11-3-1-2-7-20-11)4-5-13(14)16(23(26)27)10-15(17)21-18/h1-3,7,10,12H,4-6,8-9H2,(H,21,24)(H,22,25). The molecule has 0 radical (unpaired) electrons. The molecule has 1 aliphatic rings. The number of nitro benzene ring substituents is 1. The summed E-state index contributed by atoms with van der Waals surface area (Å²) >= 11 is 0. The van der Waals surface area contributed by atoms with Crippen molar-refractivity contribution in [2.24, 2.45) is 0 Å². The van der Waals surface area contributed by atoms with E-state index in [1.807, 2.05) is 18.2 Å². The van der Waals surface area contributed by atoms with Crippen molar-refractivity contribution in [1.29, 1.82) is 0 Å². The molecular formula is C19H18N4O5. The molecule has 28 heavy (non-hydrogen) atoms. The molecule has 0 aliphatic heterocycles. The van der Waals surface area contributed by atoms with Gasteiger partial charge >= 0.3 is 11.1 Å². The van der Waals surface area contributed by atoms with Crippen LogP contribution in [0.4, 0.5) is 5.69 Å². The molecule has 9 nitrogen and oxygen atoms in total. The summed E-state index contributed by atoms with van der Waals surface area (Å²) in [6, 6.07) is 7.01. The van der Waals surface area contributed by atoms with Crippen LogP contribution in [0.25, 0.3) is 11.0 Å². The maximum atomic E-state index is 11.8. The van der Waals surface area contributed by atoms with E-state index in [4.69, 9.17) is 4.74 Å². The third-order valence-corrected chi connectivity index (χ3v) is 5.00. The average Bonchev–Trinajstić information content (AvgIpc) is 2.69. The maximum Gasteiger partial charge on any atom is 0.314 e. The van der Waals surface area contributed by atoms with E-state index in [1.54, 1.807) is 6.20 Å². The van der Waals surface area contributed by atoms with Gasteiger partial charge in [-0.05, 0) is 30.5 Å². The molecule has 3 aromatic rings. The molecule has 1 aliphatic carbocycles. The number of aromatic amines is 2. The van der Waals surface area contributed by atoms with Gasteiger partial charge in [-0.1, -0.05) is 6.07 Å². The Hall–Kier alpha value is -3.33. The van der Waals surface area contributed by atoms with Gasteiger partial charge in [0, 0.05) is 36.4 Å². The van der Waals surface area contributed by atoms with E-state index in [0.29, 0.717) is 48.9 Å². The first kappa shape index (κ1) is 18.1. The Morgan fingerprint density at radius 1 is 1.21 bits per heavy atom. The van der Waals surface area contributed by atoms with Crippen LogP contribution in [0.5, 0.6) is 0 Å². The van der Waals surface area contributed by atoms with Gasteiger partial charge in [0.15, 0.2) is 0 Å². The highest BCUT2D eigenvalue weighted by molar-refractivity contribution is 5.83. The van der Waals surface area contributed by atoms with Gasteiger partial charge in [0.1, 0.15) is 0 Å². The molecule has 0 saturated heterocycles. The highest BCUT2D eigenvalue weighted by Crippen LogP contribution is 2.34. The van der Waals surface area contributed by atoms with Crippen LogP contribution < -0.4 is 11.1 Å². The van der Waals surface area contributed by atoms with E-state index in [9.17, 15) is 19.7 Å². The van der Waals surface area contributed by atoms with Crippen LogP contribution in [0, 0.1) is 10.1 Å². The zero-order valence-corrected chi connectivity index (χ0v) is 14.9. The number of aromatic nitrogens is 3. The lowest BCUT2D eigenvalue weighted by Gasteiger charge is -2.25. The first-order valence-electron chi connectivity index (χ1n) is 9.00. The number of ether oxygens (including phenoxy) is 1. The molecule has 2 aromatic heterocycles. The smallest absolute Gasteiger partial charge is 0.314 e. The predicted molar refractivity (Wildman–Crippen MR) is 102 cm³/mol. The Morgan fingerprint density at radius 2 is 2.04 bits per heavy atom. The Labute approximate surface area is 158 Å². The van der Waals surface area contributed by atoms with Gasteiger partial charge in [0.25, 0.3) is 5.69 Å². The lowest BCUT2D eigenvalue weighted by molar-refractivity contribution is -0.385. The number of nitrogens with one attached hydrogen (secondary N) is 2. The first-order chi connectivity index (χ1) is 13.5. The van der Waals surface area contributed by atoms with Crippen molar-refractivity contribution in [3.05, 3.63) is 78.1 Å². The largest absolute Gasteiger partial charge is 0.377 e. The van der Waals surface area contributed by atoms with Gasteiger partial charge in [0.2, 0.25) is 0 Å². The second kappa shape index (κ2) is 7.35. The van der Waals surface area contributed by atoms with E-state index in [-0.39, 0.29) is 17.3 Å².